The quantitative estimate of drug-likeness (QED) is 0.609. The van der Waals surface area contributed by atoms with E-state index in [0.717, 1.165) is 13.0 Å². The Kier molecular flexibility index (Phi) is 10.1. The van der Waals surface area contributed by atoms with Gasteiger partial charge in [0.1, 0.15) is 0 Å². The summed E-state index contributed by atoms with van der Waals surface area (Å²) in [6.07, 6.45) is 1.27. The van der Waals surface area contributed by atoms with Gasteiger partial charge in [0.05, 0.1) is 12.1 Å². The van der Waals surface area contributed by atoms with Crippen LogP contribution in [-0.2, 0) is 9.53 Å². The van der Waals surface area contributed by atoms with E-state index in [1.54, 1.807) is 7.11 Å². The van der Waals surface area contributed by atoms with Gasteiger partial charge in [-0.25, -0.2) is 0 Å². The maximum absolute atomic E-state index is 12.0. The molecule has 0 rings (SSSR count). The Hall–Kier alpha value is -1.12. The van der Waals surface area contributed by atoms with Crippen molar-refractivity contribution in [3.63, 3.8) is 0 Å². The van der Waals surface area contributed by atoms with E-state index in [9.17, 15) is 4.79 Å². The van der Waals surface area contributed by atoms with Crippen LogP contribution in [0.15, 0.2) is 0 Å². The number of ether oxygens (including phenoxy) is 1. The highest BCUT2D eigenvalue weighted by Crippen LogP contribution is 2.06. The zero-order valence-corrected chi connectivity index (χ0v) is 12.6. The van der Waals surface area contributed by atoms with Crippen molar-refractivity contribution in [1.29, 1.82) is 5.26 Å². The maximum atomic E-state index is 12.0. The molecule has 0 spiro atoms. The largest absolute Gasteiger partial charge is 0.385 e. The second-order valence-corrected chi connectivity index (χ2v) is 5.11. The molecule has 0 heterocycles. The number of rotatable bonds is 10. The summed E-state index contributed by atoms with van der Waals surface area (Å²) in [6, 6.07) is 1.94. The van der Waals surface area contributed by atoms with Crippen molar-refractivity contribution in [3.8, 4) is 6.07 Å². The van der Waals surface area contributed by atoms with Gasteiger partial charge in [-0.05, 0) is 19.3 Å². The van der Waals surface area contributed by atoms with Crippen molar-refractivity contribution in [2.45, 2.75) is 39.7 Å². The topological polar surface area (TPSA) is 65.4 Å². The summed E-state index contributed by atoms with van der Waals surface area (Å²) in [5.74, 6) is 0.497. The van der Waals surface area contributed by atoms with Gasteiger partial charge < -0.3 is 10.1 Å². The lowest BCUT2D eigenvalue weighted by Crippen LogP contribution is -2.47. The first-order chi connectivity index (χ1) is 9.02. The van der Waals surface area contributed by atoms with Gasteiger partial charge in [0, 0.05) is 39.8 Å². The molecule has 0 bridgehead atoms. The van der Waals surface area contributed by atoms with Gasteiger partial charge in [-0.3, -0.25) is 9.69 Å². The zero-order chi connectivity index (χ0) is 14.7. The Morgan fingerprint density at radius 1 is 1.42 bits per heavy atom. The Labute approximate surface area is 116 Å². The van der Waals surface area contributed by atoms with E-state index < -0.39 is 0 Å². The minimum atomic E-state index is -0.196. The van der Waals surface area contributed by atoms with E-state index in [2.05, 4.69) is 30.1 Å². The summed E-state index contributed by atoms with van der Waals surface area (Å²) in [4.78, 5) is 14.1. The molecule has 1 atom stereocenters. The Balaban J connectivity index is 4.22. The molecule has 5 heteroatoms. The average molecular weight is 269 g/mol. The van der Waals surface area contributed by atoms with Crippen LogP contribution < -0.4 is 5.32 Å². The van der Waals surface area contributed by atoms with Crippen LogP contribution in [0.1, 0.15) is 33.6 Å². The highest BCUT2D eigenvalue weighted by atomic mass is 16.5. The average Bonchev–Trinajstić information content (AvgIpc) is 2.38. The third-order valence-corrected chi connectivity index (χ3v) is 2.86. The van der Waals surface area contributed by atoms with Crippen molar-refractivity contribution in [2.75, 3.05) is 33.4 Å². The number of nitrogens with zero attached hydrogens (tertiary/aromatic N) is 2. The number of methoxy groups -OCH3 is 1. The zero-order valence-electron chi connectivity index (χ0n) is 12.6. The van der Waals surface area contributed by atoms with Gasteiger partial charge in [0.15, 0.2) is 0 Å². The van der Waals surface area contributed by atoms with Crippen LogP contribution in [0.25, 0.3) is 0 Å². The van der Waals surface area contributed by atoms with Crippen LogP contribution in [0.2, 0.25) is 0 Å². The summed E-state index contributed by atoms with van der Waals surface area (Å²) in [6.45, 7) is 8.87. The summed E-state index contributed by atoms with van der Waals surface area (Å²) >= 11 is 0. The van der Waals surface area contributed by atoms with E-state index in [-0.39, 0.29) is 11.9 Å². The molecular weight excluding hydrogens is 242 g/mol. The van der Waals surface area contributed by atoms with E-state index in [1.807, 2.05) is 6.92 Å². The second-order valence-electron chi connectivity index (χ2n) is 5.11. The number of hydrogen-bond donors (Lipinski definition) is 1. The highest BCUT2D eigenvalue weighted by Gasteiger charge is 2.21. The van der Waals surface area contributed by atoms with E-state index in [0.29, 0.717) is 32.0 Å². The molecule has 0 aliphatic rings. The fraction of sp³-hybridized carbons (Fsp3) is 0.857. The summed E-state index contributed by atoms with van der Waals surface area (Å²) < 4.78 is 4.94. The number of amides is 1. The molecule has 0 aliphatic heterocycles. The fourth-order valence-electron chi connectivity index (χ4n) is 1.85. The third kappa shape index (κ3) is 8.57. The Bertz CT molecular complexity index is 287. The van der Waals surface area contributed by atoms with Gasteiger partial charge in [-0.1, -0.05) is 13.8 Å². The van der Waals surface area contributed by atoms with Gasteiger partial charge >= 0.3 is 0 Å². The Morgan fingerprint density at radius 3 is 2.63 bits per heavy atom. The standard InChI is InChI=1S/C14H27N3O2/c1-12(2)11-17(9-5-7-15)13(3)14(18)16-8-6-10-19-4/h12-13H,5-6,8-11H2,1-4H3,(H,16,18). The Morgan fingerprint density at radius 2 is 2.11 bits per heavy atom. The SMILES string of the molecule is COCCCNC(=O)C(C)N(CCC#N)CC(C)C. The van der Waals surface area contributed by atoms with Crippen molar-refractivity contribution >= 4 is 5.91 Å². The minimum Gasteiger partial charge on any atom is -0.385 e. The predicted molar refractivity (Wildman–Crippen MR) is 75.6 cm³/mol. The first kappa shape index (κ1) is 17.9. The van der Waals surface area contributed by atoms with Crippen molar-refractivity contribution in [3.05, 3.63) is 0 Å². The molecule has 1 amide bonds. The number of nitrogens with one attached hydrogen (secondary N) is 1. The summed E-state index contributed by atoms with van der Waals surface area (Å²) in [5, 5.41) is 11.6. The third-order valence-electron chi connectivity index (χ3n) is 2.86. The van der Waals surface area contributed by atoms with Crippen LogP contribution in [0.4, 0.5) is 0 Å². The molecule has 5 nitrogen and oxygen atoms in total. The first-order valence-electron chi connectivity index (χ1n) is 6.90. The normalized spacial score (nSPS) is 12.5. The number of nitriles is 1. The lowest BCUT2D eigenvalue weighted by Gasteiger charge is -2.29. The molecule has 0 radical (unpaired) electrons. The molecule has 110 valence electrons. The van der Waals surface area contributed by atoms with Crippen LogP contribution >= 0.6 is 0 Å². The molecule has 0 aliphatic carbocycles. The van der Waals surface area contributed by atoms with E-state index in [4.69, 9.17) is 10.00 Å². The molecule has 0 aromatic heterocycles. The molecule has 0 aromatic carbocycles. The van der Waals surface area contributed by atoms with Gasteiger partial charge in [-0.2, -0.15) is 5.26 Å². The second kappa shape index (κ2) is 10.8. The molecule has 0 aromatic rings. The smallest absolute Gasteiger partial charge is 0.237 e. The lowest BCUT2D eigenvalue weighted by atomic mass is 10.1. The van der Waals surface area contributed by atoms with Gasteiger partial charge in [0.2, 0.25) is 5.91 Å². The number of carbonyl (C=O) groups excluding carboxylic acids is 1. The highest BCUT2D eigenvalue weighted by molar-refractivity contribution is 5.81. The molecule has 1 N–H and O–H groups in total. The van der Waals surface area contributed by atoms with Crippen LogP contribution in [-0.4, -0.2) is 50.2 Å². The van der Waals surface area contributed by atoms with Gasteiger partial charge in [0.25, 0.3) is 0 Å². The molecule has 0 fully saturated rings. The van der Waals surface area contributed by atoms with Crippen LogP contribution in [0.3, 0.4) is 0 Å². The molecule has 0 saturated heterocycles. The number of hydrogen-bond acceptors (Lipinski definition) is 4. The molecular formula is C14H27N3O2. The first-order valence-corrected chi connectivity index (χ1v) is 6.90. The van der Waals surface area contributed by atoms with Crippen LogP contribution in [0, 0.1) is 17.2 Å². The maximum Gasteiger partial charge on any atom is 0.237 e. The fourth-order valence-corrected chi connectivity index (χ4v) is 1.85. The summed E-state index contributed by atoms with van der Waals surface area (Å²) in [5.41, 5.74) is 0. The predicted octanol–water partition coefficient (Wildman–Crippen LogP) is 1.40. The van der Waals surface area contributed by atoms with Crippen molar-refractivity contribution < 1.29 is 9.53 Å². The van der Waals surface area contributed by atoms with Crippen molar-refractivity contribution in [1.82, 2.24) is 10.2 Å². The lowest BCUT2D eigenvalue weighted by molar-refractivity contribution is -0.126. The number of carbonyl (C=O) groups is 1. The molecule has 1 unspecified atom stereocenters. The monoisotopic (exact) mass is 269 g/mol. The molecule has 0 saturated carbocycles. The van der Waals surface area contributed by atoms with Crippen LogP contribution in [0.5, 0.6) is 0 Å². The van der Waals surface area contributed by atoms with Crippen molar-refractivity contribution in [2.24, 2.45) is 5.92 Å². The van der Waals surface area contributed by atoms with Gasteiger partial charge in [-0.15, -0.1) is 0 Å². The van der Waals surface area contributed by atoms with E-state index >= 15 is 0 Å². The minimum absolute atomic E-state index is 0.0229. The van der Waals surface area contributed by atoms with E-state index in [1.165, 1.54) is 0 Å². The summed E-state index contributed by atoms with van der Waals surface area (Å²) in [7, 11) is 1.65. The molecule has 19 heavy (non-hydrogen) atoms.